The van der Waals surface area contributed by atoms with Crippen LogP contribution in [0.1, 0.15) is 31.4 Å². The Kier molecular flexibility index (Phi) is 5.76. The van der Waals surface area contributed by atoms with E-state index in [-0.39, 0.29) is 0 Å². The molecule has 0 saturated carbocycles. The standard InChI is InChI=1S/C15H22N2/c1-4-13(2)17(3)12-15-9-7-14(8-10-15)6-5-11-16/h7-10,13H,4,11-12,16H2,1-3H3. The maximum atomic E-state index is 5.34. The summed E-state index contributed by atoms with van der Waals surface area (Å²) in [7, 11) is 2.16. The second-order valence-corrected chi connectivity index (χ2v) is 4.38. The average molecular weight is 230 g/mol. The number of hydrogen-bond donors (Lipinski definition) is 1. The highest BCUT2D eigenvalue weighted by Crippen LogP contribution is 2.09. The molecule has 0 saturated heterocycles. The van der Waals surface area contributed by atoms with Crippen molar-refractivity contribution in [3.63, 3.8) is 0 Å². The fourth-order valence-electron chi connectivity index (χ4n) is 1.60. The van der Waals surface area contributed by atoms with Gasteiger partial charge in [0.25, 0.3) is 0 Å². The predicted molar refractivity (Wildman–Crippen MR) is 73.6 cm³/mol. The first kappa shape index (κ1) is 13.8. The Morgan fingerprint density at radius 3 is 2.47 bits per heavy atom. The summed E-state index contributed by atoms with van der Waals surface area (Å²) in [6.45, 7) is 5.87. The molecule has 0 heterocycles. The molecular weight excluding hydrogens is 208 g/mol. The first-order valence-electron chi connectivity index (χ1n) is 6.15. The summed E-state index contributed by atoms with van der Waals surface area (Å²) in [5, 5.41) is 0. The highest BCUT2D eigenvalue weighted by atomic mass is 15.1. The van der Waals surface area contributed by atoms with Gasteiger partial charge < -0.3 is 5.73 Å². The molecule has 2 N–H and O–H groups in total. The van der Waals surface area contributed by atoms with E-state index < -0.39 is 0 Å². The average Bonchev–Trinajstić information content (AvgIpc) is 2.37. The summed E-state index contributed by atoms with van der Waals surface area (Å²) in [6, 6.07) is 9.01. The summed E-state index contributed by atoms with van der Waals surface area (Å²) in [5.74, 6) is 5.89. The largest absolute Gasteiger partial charge is 0.320 e. The zero-order chi connectivity index (χ0) is 12.7. The lowest BCUT2D eigenvalue weighted by atomic mass is 10.1. The van der Waals surface area contributed by atoms with Crippen molar-refractivity contribution >= 4 is 0 Å². The monoisotopic (exact) mass is 230 g/mol. The fourth-order valence-corrected chi connectivity index (χ4v) is 1.60. The van der Waals surface area contributed by atoms with Crippen LogP contribution in [-0.4, -0.2) is 24.5 Å². The van der Waals surface area contributed by atoms with Crippen LogP contribution in [0.25, 0.3) is 0 Å². The minimum atomic E-state index is 0.415. The van der Waals surface area contributed by atoms with Gasteiger partial charge in [-0.2, -0.15) is 0 Å². The van der Waals surface area contributed by atoms with E-state index in [4.69, 9.17) is 5.73 Å². The van der Waals surface area contributed by atoms with Crippen LogP contribution in [0, 0.1) is 11.8 Å². The van der Waals surface area contributed by atoms with E-state index in [1.54, 1.807) is 0 Å². The van der Waals surface area contributed by atoms with Gasteiger partial charge in [0.05, 0.1) is 6.54 Å². The highest BCUT2D eigenvalue weighted by Gasteiger charge is 2.06. The van der Waals surface area contributed by atoms with Crippen LogP contribution >= 0.6 is 0 Å². The molecule has 0 spiro atoms. The molecule has 0 aromatic heterocycles. The van der Waals surface area contributed by atoms with Crippen LogP contribution in [0.15, 0.2) is 24.3 Å². The minimum Gasteiger partial charge on any atom is -0.320 e. The van der Waals surface area contributed by atoms with Crippen LogP contribution in [-0.2, 0) is 6.54 Å². The molecule has 2 nitrogen and oxygen atoms in total. The number of hydrogen-bond acceptors (Lipinski definition) is 2. The van der Waals surface area contributed by atoms with Crippen LogP contribution in [0.4, 0.5) is 0 Å². The number of nitrogens with two attached hydrogens (primary N) is 1. The van der Waals surface area contributed by atoms with Gasteiger partial charge in [-0.05, 0) is 38.1 Å². The van der Waals surface area contributed by atoms with Gasteiger partial charge in [-0.3, -0.25) is 4.90 Å². The Morgan fingerprint density at radius 2 is 1.94 bits per heavy atom. The molecule has 17 heavy (non-hydrogen) atoms. The van der Waals surface area contributed by atoms with Crippen molar-refractivity contribution in [1.82, 2.24) is 4.90 Å². The third-order valence-corrected chi connectivity index (χ3v) is 3.06. The van der Waals surface area contributed by atoms with E-state index in [1.807, 2.05) is 0 Å². The Labute approximate surface area is 105 Å². The van der Waals surface area contributed by atoms with Crippen molar-refractivity contribution in [3.05, 3.63) is 35.4 Å². The first-order chi connectivity index (χ1) is 8.17. The number of nitrogens with zero attached hydrogens (tertiary/aromatic N) is 1. The molecular formula is C15H22N2. The van der Waals surface area contributed by atoms with Crippen LogP contribution in [0.2, 0.25) is 0 Å². The van der Waals surface area contributed by atoms with Gasteiger partial charge in [-0.1, -0.05) is 30.9 Å². The quantitative estimate of drug-likeness (QED) is 0.804. The zero-order valence-corrected chi connectivity index (χ0v) is 11.0. The van der Waals surface area contributed by atoms with Gasteiger partial charge in [0.15, 0.2) is 0 Å². The first-order valence-corrected chi connectivity index (χ1v) is 6.15. The van der Waals surface area contributed by atoms with Crippen molar-refractivity contribution in [3.8, 4) is 11.8 Å². The van der Waals surface area contributed by atoms with E-state index in [2.05, 4.69) is 61.9 Å². The molecule has 2 heteroatoms. The summed E-state index contributed by atoms with van der Waals surface area (Å²) in [4.78, 5) is 2.36. The van der Waals surface area contributed by atoms with Gasteiger partial charge in [-0.15, -0.1) is 0 Å². The van der Waals surface area contributed by atoms with Crippen molar-refractivity contribution in [2.45, 2.75) is 32.9 Å². The van der Waals surface area contributed by atoms with Crippen molar-refractivity contribution in [1.29, 1.82) is 0 Å². The van der Waals surface area contributed by atoms with E-state index in [9.17, 15) is 0 Å². The van der Waals surface area contributed by atoms with Gasteiger partial charge >= 0.3 is 0 Å². The Bertz CT molecular complexity index is 384. The molecule has 0 bridgehead atoms. The Hall–Kier alpha value is -1.30. The number of benzene rings is 1. The lowest BCUT2D eigenvalue weighted by molar-refractivity contribution is 0.244. The molecule has 1 unspecified atom stereocenters. The van der Waals surface area contributed by atoms with E-state index in [0.717, 1.165) is 12.1 Å². The normalized spacial score (nSPS) is 12.1. The van der Waals surface area contributed by atoms with Crippen LogP contribution < -0.4 is 5.73 Å². The van der Waals surface area contributed by atoms with E-state index >= 15 is 0 Å². The maximum Gasteiger partial charge on any atom is 0.0555 e. The highest BCUT2D eigenvalue weighted by molar-refractivity contribution is 5.36. The van der Waals surface area contributed by atoms with E-state index in [1.165, 1.54) is 12.0 Å². The van der Waals surface area contributed by atoms with E-state index in [0.29, 0.717) is 12.6 Å². The lowest BCUT2D eigenvalue weighted by Gasteiger charge is -2.23. The molecule has 0 aliphatic rings. The molecule has 0 amide bonds. The fraction of sp³-hybridized carbons (Fsp3) is 0.467. The van der Waals surface area contributed by atoms with Gasteiger partial charge in [0, 0.05) is 18.2 Å². The summed E-state index contributed by atoms with van der Waals surface area (Å²) in [6.07, 6.45) is 1.18. The third kappa shape index (κ3) is 4.60. The summed E-state index contributed by atoms with van der Waals surface area (Å²) < 4.78 is 0. The molecule has 1 aromatic carbocycles. The SMILES string of the molecule is CCC(C)N(C)Cc1ccc(C#CCN)cc1. The lowest BCUT2D eigenvalue weighted by Crippen LogP contribution is -2.27. The second-order valence-electron chi connectivity index (χ2n) is 4.38. The maximum absolute atomic E-state index is 5.34. The summed E-state index contributed by atoms with van der Waals surface area (Å²) >= 11 is 0. The van der Waals surface area contributed by atoms with Gasteiger partial charge in [0.2, 0.25) is 0 Å². The third-order valence-electron chi connectivity index (χ3n) is 3.06. The van der Waals surface area contributed by atoms with Crippen molar-refractivity contribution in [2.24, 2.45) is 5.73 Å². The summed E-state index contributed by atoms with van der Waals surface area (Å²) in [5.41, 5.74) is 7.70. The molecule has 1 aromatic rings. The Balaban J connectivity index is 2.62. The van der Waals surface area contributed by atoms with Crippen LogP contribution in [0.5, 0.6) is 0 Å². The molecule has 0 aliphatic carbocycles. The van der Waals surface area contributed by atoms with Crippen molar-refractivity contribution < 1.29 is 0 Å². The molecule has 0 radical (unpaired) electrons. The molecule has 0 aliphatic heterocycles. The van der Waals surface area contributed by atoms with Gasteiger partial charge in [0.1, 0.15) is 0 Å². The molecule has 0 fully saturated rings. The second kappa shape index (κ2) is 7.11. The van der Waals surface area contributed by atoms with Gasteiger partial charge in [-0.25, -0.2) is 0 Å². The van der Waals surface area contributed by atoms with Crippen LogP contribution in [0.3, 0.4) is 0 Å². The molecule has 92 valence electrons. The molecule has 1 rings (SSSR count). The molecule has 1 atom stereocenters. The number of rotatable bonds is 4. The Morgan fingerprint density at radius 1 is 1.29 bits per heavy atom. The topological polar surface area (TPSA) is 29.3 Å². The van der Waals surface area contributed by atoms with Crippen molar-refractivity contribution in [2.75, 3.05) is 13.6 Å². The minimum absolute atomic E-state index is 0.415. The zero-order valence-electron chi connectivity index (χ0n) is 11.0. The smallest absolute Gasteiger partial charge is 0.0555 e. The predicted octanol–water partition coefficient (Wildman–Crippen LogP) is 2.23.